The molecule has 0 aromatic carbocycles. The zero-order chi connectivity index (χ0) is 11.8. The fraction of sp³-hybridized carbons (Fsp3) is 0.400. The molecular weight excluding hydrogens is 208 g/mol. The minimum atomic E-state index is -1.46. The van der Waals surface area contributed by atoms with E-state index >= 15 is 0 Å². The molecule has 1 unspecified atom stereocenters. The van der Waals surface area contributed by atoms with Gasteiger partial charge in [-0.3, -0.25) is 4.98 Å². The number of aryl methyl sites for hydroxylation is 2. The van der Waals surface area contributed by atoms with Gasteiger partial charge in [-0.05, 0) is 25.0 Å². The topological polar surface area (TPSA) is 101 Å². The van der Waals surface area contributed by atoms with Gasteiger partial charge in [-0.1, -0.05) is 6.07 Å². The fourth-order valence-electron chi connectivity index (χ4n) is 2.01. The summed E-state index contributed by atoms with van der Waals surface area (Å²) in [6.45, 7) is 1.79. The summed E-state index contributed by atoms with van der Waals surface area (Å²) in [5, 5.41) is 12.8. The van der Waals surface area contributed by atoms with E-state index in [2.05, 4.69) is 15.0 Å². The Kier molecular flexibility index (Phi) is 2.29. The van der Waals surface area contributed by atoms with Crippen molar-refractivity contribution >= 4 is 5.97 Å². The monoisotopic (exact) mass is 219 g/mol. The first-order chi connectivity index (χ1) is 7.60. The van der Waals surface area contributed by atoms with Gasteiger partial charge in [-0.25, -0.2) is 4.79 Å². The second kappa shape index (κ2) is 3.50. The Bertz CT molecular complexity index is 504. The second-order valence-corrected chi connectivity index (χ2v) is 3.83. The van der Waals surface area contributed by atoms with Gasteiger partial charge in [-0.15, -0.1) is 0 Å². The Morgan fingerprint density at radius 1 is 1.69 bits per heavy atom. The van der Waals surface area contributed by atoms with Crippen LogP contribution in [0.5, 0.6) is 0 Å². The normalized spacial score (nSPS) is 22.3. The summed E-state index contributed by atoms with van der Waals surface area (Å²) in [7, 11) is 0. The lowest BCUT2D eigenvalue weighted by Gasteiger charge is -2.11. The number of nitrogens with one attached hydrogen (secondary N) is 1. The summed E-state index contributed by atoms with van der Waals surface area (Å²) in [4.78, 5) is 18.4. The molecule has 0 saturated carbocycles. The van der Waals surface area contributed by atoms with Crippen molar-refractivity contribution in [2.24, 2.45) is 5.11 Å². The highest BCUT2D eigenvalue weighted by atomic mass is 16.4. The third kappa shape index (κ3) is 1.31. The number of fused-ring (bicyclic) bond motifs is 1. The van der Waals surface area contributed by atoms with Crippen molar-refractivity contribution in [1.29, 1.82) is 5.53 Å². The van der Waals surface area contributed by atoms with Crippen LogP contribution in [0.1, 0.15) is 23.4 Å². The molecule has 0 radical (unpaired) electrons. The summed E-state index contributed by atoms with van der Waals surface area (Å²) in [6.07, 6.45) is 0.921. The molecule has 0 amide bonds. The van der Waals surface area contributed by atoms with Crippen molar-refractivity contribution in [3.05, 3.63) is 29.1 Å². The fourth-order valence-corrected chi connectivity index (χ4v) is 2.01. The van der Waals surface area contributed by atoms with Crippen LogP contribution in [-0.4, -0.2) is 16.1 Å². The average Bonchev–Trinajstić information content (AvgIpc) is 2.59. The third-order valence-corrected chi connectivity index (χ3v) is 2.84. The van der Waals surface area contributed by atoms with Crippen molar-refractivity contribution in [2.75, 3.05) is 0 Å². The summed E-state index contributed by atoms with van der Waals surface area (Å²) >= 11 is 0. The molecule has 0 saturated heterocycles. The first kappa shape index (κ1) is 10.4. The molecule has 1 aromatic rings. The first-order valence-electron chi connectivity index (χ1n) is 4.89. The highest BCUT2D eigenvalue weighted by Crippen LogP contribution is 2.38. The second-order valence-electron chi connectivity index (χ2n) is 3.83. The van der Waals surface area contributed by atoms with Crippen LogP contribution in [-0.2, 0) is 16.8 Å². The zero-order valence-electron chi connectivity index (χ0n) is 8.77. The van der Waals surface area contributed by atoms with Crippen molar-refractivity contribution < 1.29 is 9.90 Å². The molecule has 1 aliphatic carbocycles. The molecule has 0 bridgehead atoms. The lowest BCUT2D eigenvalue weighted by molar-refractivity contribution is -0.144. The number of hydrogen-bond donors (Lipinski definition) is 2. The number of hydrogen-bond acceptors (Lipinski definition) is 4. The van der Waals surface area contributed by atoms with Gasteiger partial charge in [0.05, 0.1) is 5.69 Å². The lowest BCUT2D eigenvalue weighted by atomic mass is 9.98. The van der Waals surface area contributed by atoms with Crippen molar-refractivity contribution in [3.63, 3.8) is 0 Å². The number of rotatable bonds is 2. The minimum Gasteiger partial charge on any atom is -0.479 e. The van der Waals surface area contributed by atoms with Gasteiger partial charge in [0, 0.05) is 12.1 Å². The smallest absolute Gasteiger partial charge is 0.345 e. The molecule has 0 spiro atoms. The molecule has 0 fully saturated rings. The van der Waals surface area contributed by atoms with E-state index in [0.29, 0.717) is 18.5 Å². The number of carboxylic acids is 1. The number of carboxylic acid groups (broad SMARTS) is 1. The van der Waals surface area contributed by atoms with Crippen molar-refractivity contribution in [2.45, 2.75) is 25.3 Å². The summed E-state index contributed by atoms with van der Waals surface area (Å²) in [6, 6.07) is 3.70. The van der Waals surface area contributed by atoms with E-state index in [9.17, 15) is 9.90 Å². The van der Waals surface area contributed by atoms with Crippen LogP contribution in [0.3, 0.4) is 0 Å². The quantitative estimate of drug-likeness (QED) is 0.576. The Balaban J connectivity index is 2.67. The molecular formula is C10H11N4O2+. The van der Waals surface area contributed by atoms with Crippen LogP contribution in [0.2, 0.25) is 0 Å². The molecule has 16 heavy (non-hydrogen) atoms. The van der Waals surface area contributed by atoms with Crippen LogP contribution >= 0.6 is 0 Å². The van der Waals surface area contributed by atoms with Crippen LogP contribution in [0.25, 0.3) is 0 Å². The van der Waals surface area contributed by atoms with E-state index in [0.717, 1.165) is 11.3 Å². The van der Waals surface area contributed by atoms with E-state index < -0.39 is 11.5 Å². The number of aliphatic carboxylic acids is 1. The molecule has 2 N–H and O–H groups in total. The number of nitrogens with zero attached hydrogens (tertiary/aromatic N) is 3. The lowest BCUT2D eigenvalue weighted by Crippen LogP contribution is -2.32. The highest BCUT2D eigenvalue weighted by Gasteiger charge is 2.52. The summed E-state index contributed by atoms with van der Waals surface area (Å²) in [5.74, 6) is -1.10. The molecule has 1 aromatic heterocycles. The Labute approximate surface area is 91.6 Å². The zero-order valence-corrected chi connectivity index (χ0v) is 8.77. The van der Waals surface area contributed by atoms with E-state index in [4.69, 9.17) is 5.53 Å². The largest absolute Gasteiger partial charge is 0.479 e. The molecule has 82 valence electrons. The standard InChI is InChI=1S/C10H10N4O2/c1-6-2-3-7-4-5-10(9(15)16,13-14-11)8(7)12-6/h2-3,11H,4-5H2,1H3/p+1. The molecule has 1 aliphatic rings. The SMILES string of the molecule is Cc1ccc2c(n1)C(N=[N+]=N)(C(=O)O)CC2. The van der Waals surface area contributed by atoms with Crippen LogP contribution in [0.4, 0.5) is 0 Å². The summed E-state index contributed by atoms with van der Waals surface area (Å²) < 4.78 is 0. The van der Waals surface area contributed by atoms with Gasteiger partial charge in [0.25, 0.3) is 5.54 Å². The van der Waals surface area contributed by atoms with Gasteiger partial charge >= 0.3 is 5.97 Å². The summed E-state index contributed by atoms with van der Waals surface area (Å²) in [5.41, 5.74) is 7.34. The van der Waals surface area contributed by atoms with Crippen LogP contribution < -0.4 is 4.91 Å². The predicted octanol–water partition coefficient (Wildman–Crippen LogP) is 1.17. The maximum atomic E-state index is 11.3. The van der Waals surface area contributed by atoms with Gasteiger partial charge in [0.2, 0.25) is 4.91 Å². The van der Waals surface area contributed by atoms with Gasteiger partial charge in [-0.2, -0.15) is 0 Å². The average molecular weight is 219 g/mol. The molecule has 1 heterocycles. The molecule has 0 aliphatic heterocycles. The third-order valence-electron chi connectivity index (χ3n) is 2.84. The Morgan fingerprint density at radius 3 is 3.06 bits per heavy atom. The molecule has 1 atom stereocenters. The predicted molar refractivity (Wildman–Crippen MR) is 53.9 cm³/mol. The van der Waals surface area contributed by atoms with Crippen molar-refractivity contribution in [1.82, 2.24) is 9.90 Å². The molecule has 6 heteroatoms. The highest BCUT2D eigenvalue weighted by molar-refractivity contribution is 5.81. The molecule has 6 nitrogen and oxygen atoms in total. The van der Waals surface area contributed by atoms with Gasteiger partial charge in [0.1, 0.15) is 10.6 Å². The number of pyridine rings is 1. The van der Waals surface area contributed by atoms with Gasteiger partial charge < -0.3 is 5.11 Å². The number of carbonyl (C=O) groups is 1. The maximum absolute atomic E-state index is 11.3. The van der Waals surface area contributed by atoms with E-state index in [1.807, 2.05) is 12.1 Å². The number of aromatic nitrogens is 1. The van der Waals surface area contributed by atoms with E-state index in [-0.39, 0.29) is 0 Å². The van der Waals surface area contributed by atoms with E-state index in [1.165, 1.54) is 0 Å². The van der Waals surface area contributed by atoms with E-state index in [1.54, 1.807) is 6.92 Å². The first-order valence-corrected chi connectivity index (χ1v) is 4.89. The van der Waals surface area contributed by atoms with Gasteiger partial charge in [0.15, 0.2) is 0 Å². The molecule has 2 rings (SSSR count). The van der Waals surface area contributed by atoms with Crippen LogP contribution in [0, 0.1) is 12.5 Å². The van der Waals surface area contributed by atoms with Crippen molar-refractivity contribution in [3.8, 4) is 0 Å². The van der Waals surface area contributed by atoms with Crippen LogP contribution in [0.15, 0.2) is 17.2 Å². The maximum Gasteiger partial charge on any atom is 0.345 e. The Hall–Kier alpha value is -2.07. The minimum absolute atomic E-state index is 0.316. The Morgan fingerprint density at radius 2 is 2.44 bits per heavy atom.